The molecule has 0 saturated carbocycles. The Kier molecular flexibility index (Phi) is 5.39. The molecule has 0 heterocycles. The molecule has 0 radical (unpaired) electrons. The van der Waals surface area contributed by atoms with Crippen molar-refractivity contribution in [3.63, 3.8) is 0 Å². The van der Waals surface area contributed by atoms with E-state index in [-0.39, 0.29) is 0 Å². The normalized spacial score (nSPS) is 9.93. The van der Waals surface area contributed by atoms with Crippen molar-refractivity contribution in [1.29, 1.82) is 5.41 Å². The number of hydrogen-bond donors (Lipinski definition) is 5. The summed E-state index contributed by atoms with van der Waals surface area (Å²) in [7, 11) is 0. The average Bonchev–Trinajstić information content (AvgIpc) is 2.30. The summed E-state index contributed by atoms with van der Waals surface area (Å²) in [6, 6.07) is 9.59. The van der Waals surface area contributed by atoms with Gasteiger partial charge < -0.3 is 10.6 Å². The number of hydrazine groups is 1. The van der Waals surface area contributed by atoms with Crippen molar-refractivity contribution < 1.29 is 0 Å². The summed E-state index contributed by atoms with van der Waals surface area (Å²) < 4.78 is 0. The van der Waals surface area contributed by atoms with Crippen LogP contribution in [0, 0.1) is 5.41 Å². The lowest BCUT2D eigenvalue weighted by molar-refractivity contribution is 0.596. The molecule has 1 aromatic carbocycles. The van der Waals surface area contributed by atoms with E-state index in [0.29, 0.717) is 19.0 Å². The van der Waals surface area contributed by atoms with Gasteiger partial charge in [0.2, 0.25) is 0 Å². The van der Waals surface area contributed by atoms with Crippen LogP contribution in [-0.4, -0.2) is 25.6 Å². The largest absolute Gasteiger partial charge is 0.369 e. The van der Waals surface area contributed by atoms with Gasteiger partial charge >= 0.3 is 0 Å². The maximum atomic E-state index is 7.73. The van der Waals surface area contributed by atoms with Gasteiger partial charge in [-0.05, 0) is 0 Å². The molecule has 0 saturated heterocycles. The fourth-order valence-electron chi connectivity index (χ4n) is 1.14. The van der Waals surface area contributed by atoms with Gasteiger partial charge in [-0.15, -0.1) is 0 Å². The molecule has 0 aliphatic heterocycles. The molecule has 0 amide bonds. The van der Waals surface area contributed by atoms with Crippen molar-refractivity contribution in [3.05, 3.63) is 35.9 Å². The number of benzene rings is 1. The van der Waals surface area contributed by atoms with Crippen molar-refractivity contribution in [2.45, 2.75) is 0 Å². The summed E-state index contributed by atoms with van der Waals surface area (Å²) in [6.07, 6.45) is 0. The Hall–Kier alpha value is -1.43. The number of amidine groups is 1. The lowest BCUT2D eigenvalue weighted by atomic mass is 10.2. The third-order valence-electron chi connectivity index (χ3n) is 1.89. The van der Waals surface area contributed by atoms with Crippen molar-refractivity contribution in [3.8, 4) is 0 Å². The van der Waals surface area contributed by atoms with E-state index in [2.05, 4.69) is 16.1 Å². The molecule has 0 spiro atoms. The standard InChI is InChI=1S/C10H17N5/c11-10(9-4-2-1-3-5-9)14-7-6-13-8-15-12/h1-5,13,15H,6-8,12H2,(H2,11,14). The van der Waals surface area contributed by atoms with Crippen LogP contribution in [-0.2, 0) is 0 Å². The second-order valence-corrected chi connectivity index (χ2v) is 3.05. The molecule has 5 nitrogen and oxygen atoms in total. The monoisotopic (exact) mass is 207 g/mol. The maximum absolute atomic E-state index is 7.73. The average molecular weight is 207 g/mol. The maximum Gasteiger partial charge on any atom is 0.125 e. The molecule has 0 aromatic heterocycles. The molecule has 0 aliphatic carbocycles. The third kappa shape index (κ3) is 4.55. The van der Waals surface area contributed by atoms with Crippen molar-refractivity contribution in [1.82, 2.24) is 16.1 Å². The zero-order valence-corrected chi connectivity index (χ0v) is 8.59. The second-order valence-electron chi connectivity index (χ2n) is 3.05. The molecule has 5 heteroatoms. The minimum atomic E-state index is 0.443. The first-order chi connectivity index (χ1) is 7.34. The summed E-state index contributed by atoms with van der Waals surface area (Å²) in [5.74, 6) is 5.53. The van der Waals surface area contributed by atoms with Crippen molar-refractivity contribution in [2.75, 3.05) is 19.8 Å². The van der Waals surface area contributed by atoms with E-state index in [1.807, 2.05) is 30.3 Å². The fraction of sp³-hybridized carbons (Fsp3) is 0.300. The van der Waals surface area contributed by atoms with Gasteiger partial charge in [0.15, 0.2) is 0 Å². The lowest BCUT2D eigenvalue weighted by Crippen LogP contribution is -2.38. The lowest BCUT2D eigenvalue weighted by Gasteiger charge is -2.08. The Balaban J connectivity index is 2.20. The highest BCUT2D eigenvalue weighted by Crippen LogP contribution is 1.96. The van der Waals surface area contributed by atoms with Gasteiger partial charge in [0.05, 0.1) is 6.67 Å². The molecule has 6 N–H and O–H groups in total. The SMILES string of the molecule is N=C(NCCNCNN)c1ccccc1. The van der Waals surface area contributed by atoms with Gasteiger partial charge in [0.1, 0.15) is 5.84 Å². The van der Waals surface area contributed by atoms with Crippen LogP contribution in [0.2, 0.25) is 0 Å². The van der Waals surface area contributed by atoms with Gasteiger partial charge in [0.25, 0.3) is 0 Å². The molecule has 15 heavy (non-hydrogen) atoms. The summed E-state index contributed by atoms with van der Waals surface area (Å²) in [4.78, 5) is 0. The highest BCUT2D eigenvalue weighted by atomic mass is 15.3. The highest BCUT2D eigenvalue weighted by Gasteiger charge is 1.97. The molecule has 0 aliphatic rings. The van der Waals surface area contributed by atoms with E-state index in [1.54, 1.807) is 0 Å². The van der Waals surface area contributed by atoms with Crippen LogP contribution < -0.4 is 21.9 Å². The fourth-order valence-corrected chi connectivity index (χ4v) is 1.14. The van der Waals surface area contributed by atoms with Crippen LogP contribution in [0.4, 0.5) is 0 Å². The predicted molar refractivity (Wildman–Crippen MR) is 61.5 cm³/mol. The molecule has 0 unspecified atom stereocenters. The highest BCUT2D eigenvalue weighted by molar-refractivity contribution is 5.96. The molecular weight excluding hydrogens is 190 g/mol. The van der Waals surface area contributed by atoms with E-state index in [9.17, 15) is 0 Å². The van der Waals surface area contributed by atoms with E-state index in [1.165, 1.54) is 0 Å². The number of nitrogens with two attached hydrogens (primary N) is 1. The third-order valence-corrected chi connectivity index (χ3v) is 1.89. The van der Waals surface area contributed by atoms with E-state index >= 15 is 0 Å². The summed E-state index contributed by atoms with van der Waals surface area (Å²) in [6.45, 7) is 2.04. The zero-order valence-electron chi connectivity index (χ0n) is 8.59. The van der Waals surface area contributed by atoms with Crippen LogP contribution in [0.1, 0.15) is 5.56 Å². The Morgan fingerprint density at radius 3 is 2.60 bits per heavy atom. The van der Waals surface area contributed by atoms with Gasteiger partial charge in [-0.3, -0.25) is 11.3 Å². The predicted octanol–water partition coefficient (Wildman–Crippen LogP) is -0.388. The van der Waals surface area contributed by atoms with Gasteiger partial charge in [-0.25, -0.2) is 5.43 Å². The second kappa shape index (κ2) is 6.94. The molecular formula is C10H17N5. The van der Waals surface area contributed by atoms with Gasteiger partial charge in [0, 0.05) is 18.7 Å². The Morgan fingerprint density at radius 1 is 1.20 bits per heavy atom. The van der Waals surface area contributed by atoms with E-state index in [0.717, 1.165) is 12.1 Å². The minimum Gasteiger partial charge on any atom is -0.369 e. The Bertz CT molecular complexity index is 285. The first-order valence-electron chi connectivity index (χ1n) is 4.86. The zero-order chi connectivity index (χ0) is 10.9. The van der Waals surface area contributed by atoms with Crippen molar-refractivity contribution >= 4 is 5.84 Å². The molecule has 0 atom stereocenters. The first-order valence-corrected chi connectivity index (χ1v) is 4.86. The number of hydrogen-bond acceptors (Lipinski definition) is 4. The molecule has 0 fully saturated rings. The van der Waals surface area contributed by atoms with Crippen molar-refractivity contribution in [2.24, 2.45) is 5.84 Å². The Morgan fingerprint density at radius 2 is 1.93 bits per heavy atom. The molecule has 82 valence electrons. The van der Waals surface area contributed by atoms with Gasteiger partial charge in [-0.1, -0.05) is 30.3 Å². The smallest absolute Gasteiger partial charge is 0.125 e. The molecule has 1 aromatic rings. The Labute approximate surface area is 89.5 Å². The quantitative estimate of drug-likeness (QED) is 0.110. The van der Waals surface area contributed by atoms with Crippen LogP contribution >= 0.6 is 0 Å². The van der Waals surface area contributed by atoms with E-state index in [4.69, 9.17) is 11.3 Å². The van der Waals surface area contributed by atoms with Crippen LogP contribution in [0.25, 0.3) is 0 Å². The van der Waals surface area contributed by atoms with E-state index < -0.39 is 0 Å². The summed E-state index contributed by atoms with van der Waals surface area (Å²) in [5, 5.41) is 13.8. The van der Waals surface area contributed by atoms with Crippen LogP contribution in [0.3, 0.4) is 0 Å². The van der Waals surface area contributed by atoms with Gasteiger partial charge in [-0.2, -0.15) is 0 Å². The number of nitrogens with one attached hydrogen (secondary N) is 4. The minimum absolute atomic E-state index is 0.443. The number of rotatable bonds is 6. The van der Waals surface area contributed by atoms with Crippen LogP contribution in [0.5, 0.6) is 0 Å². The summed E-state index contributed by atoms with van der Waals surface area (Å²) in [5.41, 5.74) is 3.39. The summed E-state index contributed by atoms with van der Waals surface area (Å²) >= 11 is 0. The topological polar surface area (TPSA) is 86.0 Å². The van der Waals surface area contributed by atoms with Crippen LogP contribution in [0.15, 0.2) is 30.3 Å². The molecule has 1 rings (SSSR count). The molecule has 0 bridgehead atoms. The first kappa shape index (κ1) is 11.6.